The molecule has 0 aromatic heterocycles. The predicted octanol–water partition coefficient (Wildman–Crippen LogP) is 7.39. The fraction of sp³-hybridized carbons (Fsp3) is 0.478. The van der Waals surface area contributed by atoms with Crippen molar-refractivity contribution < 1.29 is 19.0 Å². The Bertz CT molecular complexity index is 721. The van der Waals surface area contributed by atoms with Gasteiger partial charge >= 0.3 is 0 Å². The first-order valence-corrected chi connectivity index (χ1v) is 12.1. The van der Waals surface area contributed by atoms with Crippen LogP contribution in [-0.4, -0.2) is 26.4 Å². The van der Waals surface area contributed by atoms with Gasteiger partial charge in [0.25, 0.3) is 0 Å². The van der Waals surface area contributed by atoms with Crippen LogP contribution in [0.5, 0.6) is 11.5 Å². The van der Waals surface area contributed by atoms with Crippen LogP contribution in [0, 0.1) is 0 Å². The maximum absolute atomic E-state index is 6.13. The van der Waals surface area contributed by atoms with Gasteiger partial charge in [-0.2, -0.15) is 0 Å². The van der Waals surface area contributed by atoms with Gasteiger partial charge in [-0.3, -0.25) is 10.3 Å². The van der Waals surface area contributed by atoms with Crippen LogP contribution in [0.2, 0.25) is 0 Å². The molecule has 0 amide bonds. The van der Waals surface area contributed by atoms with E-state index in [0.29, 0.717) is 19.8 Å². The zero-order valence-electron chi connectivity index (χ0n) is 18.5. The molecule has 0 saturated heterocycles. The summed E-state index contributed by atoms with van der Waals surface area (Å²) in [6.07, 6.45) is 10.9. The number of unbranched alkanes of at least 4 members (excludes halogenated alkanes) is 2. The zero-order chi connectivity index (χ0) is 23.6. The Labute approximate surface area is 211 Å². The van der Waals surface area contributed by atoms with Gasteiger partial charge in [0, 0.05) is 0 Å². The van der Waals surface area contributed by atoms with Crippen molar-refractivity contribution >= 4 is 46.4 Å². The molecule has 1 N–H and O–H groups in total. The number of halogens is 4. The van der Waals surface area contributed by atoms with Gasteiger partial charge in [-0.15, -0.1) is 0 Å². The van der Waals surface area contributed by atoms with E-state index >= 15 is 0 Å². The van der Waals surface area contributed by atoms with E-state index in [1.165, 1.54) is 6.08 Å². The molecule has 0 unspecified atom stereocenters. The van der Waals surface area contributed by atoms with Crippen LogP contribution >= 0.6 is 46.4 Å². The largest absolute Gasteiger partial charge is 0.500 e. The van der Waals surface area contributed by atoms with Gasteiger partial charge in [0.15, 0.2) is 0 Å². The number of ether oxygens (including phenoxy) is 3. The second kappa shape index (κ2) is 18.2. The van der Waals surface area contributed by atoms with Crippen molar-refractivity contribution in [2.75, 3.05) is 26.4 Å². The van der Waals surface area contributed by atoms with E-state index in [4.69, 9.17) is 65.5 Å². The van der Waals surface area contributed by atoms with Crippen LogP contribution in [0.1, 0.15) is 44.2 Å². The SMILES string of the molecule is CCc1cc(OCC=C(Cl)Cl)cc(CC)c1OCCCCCOC=CNOCC=C(Cl)Cl. The highest BCUT2D eigenvalue weighted by molar-refractivity contribution is 6.56. The van der Waals surface area contributed by atoms with Crippen LogP contribution in [0.25, 0.3) is 0 Å². The topological polar surface area (TPSA) is 49.0 Å². The summed E-state index contributed by atoms with van der Waals surface area (Å²) < 4.78 is 17.6. The molecule has 0 aliphatic rings. The number of aryl methyl sites for hydroxylation is 2. The van der Waals surface area contributed by atoms with E-state index in [2.05, 4.69) is 19.3 Å². The number of hydrogen-bond donors (Lipinski definition) is 1. The smallest absolute Gasteiger partial charge is 0.125 e. The first-order chi connectivity index (χ1) is 15.5. The fourth-order valence-electron chi connectivity index (χ4n) is 2.70. The minimum Gasteiger partial charge on any atom is -0.500 e. The van der Waals surface area contributed by atoms with Crippen molar-refractivity contribution in [3.8, 4) is 11.5 Å². The third-order valence-electron chi connectivity index (χ3n) is 4.26. The maximum Gasteiger partial charge on any atom is 0.125 e. The molecule has 0 aliphatic carbocycles. The highest BCUT2D eigenvalue weighted by Gasteiger charge is 2.11. The van der Waals surface area contributed by atoms with E-state index in [1.807, 2.05) is 12.1 Å². The van der Waals surface area contributed by atoms with E-state index in [9.17, 15) is 0 Å². The van der Waals surface area contributed by atoms with Crippen molar-refractivity contribution in [3.05, 3.63) is 56.9 Å². The van der Waals surface area contributed by atoms with Gasteiger partial charge in [-0.1, -0.05) is 60.3 Å². The van der Waals surface area contributed by atoms with E-state index in [1.54, 1.807) is 18.5 Å². The Kier molecular flexibility index (Phi) is 16.4. The molecule has 0 radical (unpaired) electrons. The van der Waals surface area contributed by atoms with Crippen molar-refractivity contribution in [2.45, 2.75) is 46.0 Å². The Morgan fingerprint density at radius 1 is 0.844 bits per heavy atom. The van der Waals surface area contributed by atoms with Crippen LogP contribution in [0.4, 0.5) is 0 Å². The minimum absolute atomic E-state index is 0.167. The van der Waals surface area contributed by atoms with Crippen molar-refractivity contribution in [1.29, 1.82) is 0 Å². The molecule has 5 nitrogen and oxygen atoms in total. The maximum atomic E-state index is 6.13. The number of nitrogens with one attached hydrogen (secondary N) is 1. The molecule has 0 spiro atoms. The summed E-state index contributed by atoms with van der Waals surface area (Å²) in [6.45, 7) is 6.09. The average Bonchev–Trinajstić information content (AvgIpc) is 2.76. The molecule has 0 atom stereocenters. The summed E-state index contributed by atoms with van der Waals surface area (Å²) in [6, 6.07) is 4.03. The molecule has 1 aromatic carbocycles. The number of hydrogen-bond acceptors (Lipinski definition) is 5. The first kappa shape index (κ1) is 28.8. The van der Waals surface area contributed by atoms with Crippen LogP contribution in [-0.2, 0) is 22.4 Å². The van der Waals surface area contributed by atoms with Crippen LogP contribution in [0.3, 0.4) is 0 Å². The average molecular weight is 527 g/mol. The van der Waals surface area contributed by atoms with Gasteiger partial charge < -0.3 is 14.2 Å². The number of rotatable bonds is 17. The lowest BCUT2D eigenvalue weighted by atomic mass is 10.0. The molecule has 1 rings (SSSR count). The molecule has 0 aliphatic heterocycles. The molecular formula is C23H31Cl4NO4. The summed E-state index contributed by atoms with van der Waals surface area (Å²) in [7, 11) is 0. The normalized spacial score (nSPS) is 10.7. The second-order valence-electron chi connectivity index (χ2n) is 6.59. The minimum atomic E-state index is 0.167. The summed E-state index contributed by atoms with van der Waals surface area (Å²) in [5, 5.41) is 0. The van der Waals surface area contributed by atoms with Gasteiger partial charge in [0.1, 0.15) is 33.4 Å². The predicted molar refractivity (Wildman–Crippen MR) is 134 cm³/mol. The van der Waals surface area contributed by atoms with E-state index in [0.717, 1.165) is 54.7 Å². The van der Waals surface area contributed by atoms with Crippen molar-refractivity contribution in [3.63, 3.8) is 0 Å². The third kappa shape index (κ3) is 13.3. The van der Waals surface area contributed by atoms with Crippen LogP contribution in [0.15, 0.2) is 45.7 Å². The fourth-order valence-corrected chi connectivity index (χ4v) is 2.95. The monoisotopic (exact) mass is 525 g/mol. The lowest BCUT2D eigenvalue weighted by Gasteiger charge is -2.17. The van der Waals surface area contributed by atoms with Gasteiger partial charge in [-0.25, -0.2) is 0 Å². The summed E-state index contributed by atoms with van der Waals surface area (Å²) >= 11 is 22.2. The van der Waals surface area contributed by atoms with Crippen molar-refractivity contribution in [2.24, 2.45) is 0 Å². The summed E-state index contributed by atoms with van der Waals surface area (Å²) in [5.74, 6) is 1.75. The zero-order valence-corrected chi connectivity index (χ0v) is 21.5. The molecule has 0 fully saturated rings. The Morgan fingerprint density at radius 2 is 1.47 bits per heavy atom. The lowest BCUT2D eigenvalue weighted by Crippen LogP contribution is -2.06. The van der Waals surface area contributed by atoms with E-state index in [-0.39, 0.29) is 15.6 Å². The molecule has 0 heterocycles. The standard InChI is InChI=1S/C23H31Cl4NO4/c1-3-18-16-20(30-13-8-21(24)25)17-19(4-2)23(18)31-12-7-5-6-11-29-15-10-28-32-14-9-22(26)27/h8-10,15-17,28H,3-7,11-14H2,1-2H3. The van der Waals surface area contributed by atoms with Gasteiger partial charge in [0.05, 0.1) is 26.0 Å². The summed E-state index contributed by atoms with van der Waals surface area (Å²) in [5.41, 5.74) is 4.86. The summed E-state index contributed by atoms with van der Waals surface area (Å²) in [4.78, 5) is 5.02. The third-order valence-corrected chi connectivity index (χ3v) is 4.87. The number of benzene rings is 1. The Morgan fingerprint density at radius 3 is 2.09 bits per heavy atom. The van der Waals surface area contributed by atoms with Crippen LogP contribution < -0.4 is 15.0 Å². The number of hydroxylamine groups is 1. The molecule has 180 valence electrons. The molecule has 0 saturated carbocycles. The molecular weight excluding hydrogens is 496 g/mol. The quantitative estimate of drug-likeness (QED) is 0.130. The highest BCUT2D eigenvalue weighted by atomic mass is 35.5. The highest BCUT2D eigenvalue weighted by Crippen LogP contribution is 2.31. The first-order valence-electron chi connectivity index (χ1n) is 10.6. The van der Waals surface area contributed by atoms with Gasteiger partial charge in [-0.05, 0) is 67.5 Å². The Balaban J connectivity index is 2.32. The second-order valence-corrected chi connectivity index (χ2v) is 8.60. The van der Waals surface area contributed by atoms with E-state index < -0.39 is 0 Å². The Hall–Kier alpha value is -1.24. The van der Waals surface area contributed by atoms with Crippen molar-refractivity contribution in [1.82, 2.24) is 5.48 Å². The lowest BCUT2D eigenvalue weighted by molar-refractivity contribution is 0.0920. The molecule has 0 bridgehead atoms. The molecule has 9 heteroatoms. The molecule has 32 heavy (non-hydrogen) atoms. The molecule has 1 aromatic rings. The van der Waals surface area contributed by atoms with Gasteiger partial charge in [0.2, 0.25) is 0 Å².